The van der Waals surface area contributed by atoms with Crippen LogP contribution in [-0.2, 0) is 4.74 Å². The van der Waals surface area contributed by atoms with Gasteiger partial charge in [0.05, 0.1) is 0 Å². The van der Waals surface area contributed by atoms with E-state index in [0.717, 1.165) is 45.6 Å². The molecule has 0 aromatic carbocycles. The minimum atomic E-state index is -0.429. The highest BCUT2D eigenvalue weighted by Crippen LogP contribution is 2.32. The zero-order valence-electron chi connectivity index (χ0n) is 15.2. The second-order valence-corrected chi connectivity index (χ2v) is 8.43. The van der Waals surface area contributed by atoms with Gasteiger partial charge in [0.2, 0.25) is 0 Å². The molecule has 2 saturated heterocycles. The molecule has 5 heteroatoms. The summed E-state index contributed by atoms with van der Waals surface area (Å²) in [5, 5.41) is 0. The molecule has 0 radical (unpaired) electrons. The summed E-state index contributed by atoms with van der Waals surface area (Å²) in [6.45, 7) is 15.5. The smallest absolute Gasteiger partial charge is 0.410 e. The Labute approximate surface area is 135 Å². The molecular formula is C17H33N3O2. The van der Waals surface area contributed by atoms with Gasteiger partial charge in [-0.3, -0.25) is 4.90 Å². The Bertz CT molecular complexity index is 395. The molecule has 5 nitrogen and oxygen atoms in total. The van der Waals surface area contributed by atoms with E-state index >= 15 is 0 Å². The van der Waals surface area contributed by atoms with Crippen LogP contribution in [0, 0.1) is 0 Å². The molecule has 1 atom stereocenters. The standard InChI is InChI=1S/C17H33N3O2/c1-16(2,3)22-15(21)20-8-7-14(13-17(20,4)5)19-11-9-18(6)10-12-19/h14H,7-13H2,1-6H3. The van der Waals surface area contributed by atoms with Crippen molar-refractivity contribution in [3.63, 3.8) is 0 Å². The van der Waals surface area contributed by atoms with Crippen molar-refractivity contribution in [2.45, 2.75) is 64.6 Å². The van der Waals surface area contributed by atoms with Crippen molar-refractivity contribution in [1.82, 2.24) is 14.7 Å². The average Bonchev–Trinajstić information content (AvgIpc) is 2.36. The minimum absolute atomic E-state index is 0.144. The first kappa shape index (κ1) is 17.5. The van der Waals surface area contributed by atoms with Crippen molar-refractivity contribution < 1.29 is 9.53 Å². The zero-order valence-corrected chi connectivity index (χ0v) is 15.2. The van der Waals surface area contributed by atoms with Crippen LogP contribution in [0.25, 0.3) is 0 Å². The van der Waals surface area contributed by atoms with E-state index in [-0.39, 0.29) is 11.6 Å². The van der Waals surface area contributed by atoms with Crippen molar-refractivity contribution in [1.29, 1.82) is 0 Å². The molecule has 128 valence electrons. The first-order chi connectivity index (χ1) is 10.1. The molecule has 2 fully saturated rings. The molecule has 0 bridgehead atoms. The number of likely N-dealkylation sites (N-methyl/N-ethyl adjacent to an activating group) is 1. The van der Waals surface area contributed by atoms with E-state index in [1.807, 2.05) is 25.7 Å². The van der Waals surface area contributed by atoms with E-state index in [9.17, 15) is 4.79 Å². The first-order valence-corrected chi connectivity index (χ1v) is 8.52. The summed E-state index contributed by atoms with van der Waals surface area (Å²) in [6, 6.07) is 0.586. The molecule has 0 saturated carbocycles. The summed E-state index contributed by atoms with van der Waals surface area (Å²) in [7, 11) is 2.19. The SMILES string of the molecule is CN1CCN(C2CCN(C(=O)OC(C)(C)C)C(C)(C)C2)CC1. The van der Waals surface area contributed by atoms with Gasteiger partial charge in [0.25, 0.3) is 0 Å². The summed E-state index contributed by atoms with van der Waals surface area (Å²) in [4.78, 5) is 19.4. The Morgan fingerprint density at radius 1 is 1.09 bits per heavy atom. The first-order valence-electron chi connectivity index (χ1n) is 8.52. The summed E-state index contributed by atoms with van der Waals surface area (Å²) >= 11 is 0. The molecule has 2 heterocycles. The molecule has 0 aromatic heterocycles. The molecule has 1 unspecified atom stereocenters. The number of carbonyl (C=O) groups excluding carboxylic acids is 1. The maximum Gasteiger partial charge on any atom is 0.410 e. The van der Waals surface area contributed by atoms with E-state index in [4.69, 9.17) is 4.74 Å². The van der Waals surface area contributed by atoms with Gasteiger partial charge in [-0.05, 0) is 54.5 Å². The van der Waals surface area contributed by atoms with Gasteiger partial charge in [0.1, 0.15) is 5.60 Å². The second-order valence-electron chi connectivity index (χ2n) is 8.43. The molecule has 0 aromatic rings. The number of amides is 1. The number of hydrogen-bond donors (Lipinski definition) is 0. The molecule has 2 rings (SSSR count). The molecule has 0 spiro atoms. The molecular weight excluding hydrogens is 278 g/mol. The number of ether oxygens (including phenoxy) is 1. The lowest BCUT2D eigenvalue weighted by Crippen LogP contribution is -2.60. The van der Waals surface area contributed by atoms with E-state index in [1.54, 1.807) is 0 Å². The van der Waals surface area contributed by atoms with Crippen molar-refractivity contribution in [3.8, 4) is 0 Å². The van der Waals surface area contributed by atoms with Crippen LogP contribution in [0.4, 0.5) is 4.79 Å². The predicted octanol–water partition coefficient (Wildman–Crippen LogP) is 2.41. The summed E-state index contributed by atoms with van der Waals surface area (Å²) in [5.74, 6) is 0. The van der Waals surface area contributed by atoms with Gasteiger partial charge in [0.15, 0.2) is 0 Å². The number of piperazine rings is 1. The van der Waals surface area contributed by atoms with Gasteiger partial charge in [-0.2, -0.15) is 0 Å². The molecule has 0 N–H and O–H groups in total. The summed E-state index contributed by atoms with van der Waals surface area (Å²) < 4.78 is 5.57. The lowest BCUT2D eigenvalue weighted by atomic mass is 9.86. The van der Waals surface area contributed by atoms with Crippen molar-refractivity contribution in [2.24, 2.45) is 0 Å². The quantitative estimate of drug-likeness (QED) is 0.745. The number of carbonyl (C=O) groups is 1. The number of nitrogens with zero attached hydrogens (tertiary/aromatic N) is 3. The lowest BCUT2D eigenvalue weighted by molar-refractivity contribution is -0.0269. The fourth-order valence-corrected chi connectivity index (χ4v) is 3.52. The van der Waals surface area contributed by atoms with E-state index in [2.05, 4.69) is 30.7 Å². The number of piperidine rings is 1. The van der Waals surface area contributed by atoms with Gasteiger partial charge >= 0.3 is 6.09 Å². The molecule has 1 amide bonds. The molecule has 2 aliphatic heterocycles. The van der Waals surface area contributed by atoms with Crippen molar-refractivity contribution in [3.05, 3.63) is 0 Å². The average molecular weight is 311 g/mol. The second kappa shape index (κ2) is 6.36. The van der Waals surface area contributed by atoms with Crippen LogP contribution < -0.4 is 0 Å². The van der Waals surface area contributed by atoms with Crippen molar-refractivity contribution >= 4 is 6.09 Å². The third-order valence-electron chi connectivity index (χ3n) is 4.82. The highest BCUT2D eigenvalue weighted by atomic mass is 16.6. The zero-order chi connectivity index (χ0) is 16.5. The maximum atomic E-state index is 12.4. The van der Waals surface area contributed by atoms with E-state index in [1.165, 1.54) is 0 Å². The predicted molar refractivity (Wildman–Crippen MR) is 89.1 cm³/mol. The van der Waals surface area contributed by atoms with Crippen LogP contribution in [0.3, 0.4) is 0 Å². The molecule has 0 aliphatic carbocycles. The fraction of sp³-hybridized carbons (Fsp3) is 0.941. The van der Waals surface area contributed by atoms with Gasteiger partial charge in [-0.15, -0.1) is 0 Å². The van der Waals surface area contributed by atoms with Gasteiger partial charge in [-0.1, -0.05) is 0 Å². The van der Waals surface area contributed by atoms with Gasteiger partial charge in [0, 0.05) is 44.3 Å². The Kier molecular flexibility index (Phi) is 5.07. The van der Waals surface area contributed by atoms with Crippen molar-refractivity contribution in [2.75, 3.05) is 39.8 Å². The molecule has 22 heavy (non-hydrogen) atoms. The number of rotatable bonds is 1. The highest BCUT2D eigenvalue weighted by molar-refractivity contribution is 5.69. The van der Waals surface area contributed by atoms with Gasteiger partial charge < -0.3 is 14.5 Å². The third-order valence-corrected chi connectivity index (χ3v) is 4.82. The van der Waals surface area contributed by atoms with Crippen LogP contribution in [0.15, 0.2) is 0 Å². The lowest BCUT2D eigenvalue weighted by Gasteiger charge is -2.49. The normalized spacial score (nSPS) is 27.7. The van der Waals surface area contributed by atoms with E-state index in [0.29, 0.717) is 6.04 Å². The topological polar surface area (TPSA) is 36.0 Å². The Hall–Kier alpha value is -0.810. The minimum Gasteiger partial charge on any atom is -0.444 e. The number of hydrogen-bond acceptors (Lipinski definition) is 4. The number of likely N-dealkylation sites (tertiary alicyclic amines) is 1. The van der Waals surface area contributed by atoms with Crippen LogP contribution in [-0.4, -0.2) is 77.7 Å². The maximum absolute atomic E-state index is 12.4. The monoisotopic (exact) mass is 311 g/mol. The fourth-order valence-electron chi connectivity index (χ4n) is 3.52. The molecule has 2 aliphatic rings. The third kappa shape index (κ3) is 4.35. The largest absolute Gasteiger partial charge is 0.444 e. The highest BCUT2D eigenvalue weighted by Gasteiger charge is 2.41. The van der Waals surface area contributed by atoms with Gasteiger partial charge in [-0.25, -0.2) is 4.79 Å². The van der Waals surface area contributed by atoms with Crippen LogP contribution in [0.5, 0.6) is 0 Å². The summed E-state index contributed by atoms with van der Waals surface area (Å²) in [5.41, 5.74) is -0.573. The van der Waals surface area contributed by atoms with Crippen LogP contribution in [0.2, 0.25) is 0 Å². The Balaban J connectivity index is 1.96. The summed E-state index contributed by atoms with van der Waals surface area (Å²) in [6.07, 6.45) is 1.90. The Morgan fingerprint density at radius 2 is 1.68 bits per heavy atom. The Morgan fingerprint density at radius 3 is 2.18 bits per heavy atom. The van der Waals surface area contributed by atoms with E-state index < -0.39 is 5.60 Å². The van der Waals surface area contributed by atoms with Crippen LogP contribution >= 0.6 is 0 Å². The van der Waals surface area contributed by atoms with Crippen LogP contribution in [0.1, 0.15) is 47.5 Å².